The molecule has 2 N–H and O–H groups in total. The maximum absolute atomic E-state index is 12.5. The summed E-state index contributed by atoms with van der Waals surface area (Å²) in [5, 5.41) is 11.8. The topological polar surface area (TPSA) is 102 Å². The molecule has 2 aromatic carbocycles. The zero-order chi connectivity index (χ0) is 21.1. The van der Waals surface area contributed by atoms with Gasteiger partial charge in [-0.25, -0.2) is 14.6 Å². The summed E-state index contributed by atoms with van der Waals surface area (Å²) in [6.45, 7) is 2.15. The Bertz CT molecular complexity index is 1030. The van der Waals surface area contributed by atoms with Crippen LogP contribution < -0.4 is 5.32 Å². The van der Waals surface area contributed by atoms with Crippen LogP contribution in [0.5, 0.6) is 0 Å². The Kier molecular flexibility index (Phi) is 5.52. The summed E-state index contributed by atoms with van der Waals surface area (Å²) in [6, 6.07) is 15.7. The molecule has 7 heteroatoms. The second-order valence-corrected chi connectivity index (χ2v) is 7.19. The Morgan fingerprint density at radius 3 is 2.33 bits per heavy atom. The van der Waals surface area contributed by atoms with Crippen LogP contribution in [-0.2, 0) is 4.74 Å². The number of ether oxygens (including phenoxy) is 1. The van der Waals surface area contributed by atoms with Crippen molar-refractivity contribution in [3.8, 4) is 11.1 Å². The number of carboxylic acids is 1. The molecule has 30 heavy (non-hydrogen) atoms. The summed E-state index contributed by atoms with van der Waals surface area (Å²) in [4.78, 5) is 27.5. The van der Waals surface area contributed by atoms with E-state index < -0.39 is 18.1 Å². The minimum atomic E-state index is -1.18. The van der Waals surface area contributed by atoms with E-state index in [1.807, 2.05) is 31.2 Å². The highest BCUT2D eigenvalue weighted by Gasteiger charge is 2.29. The summed E-state index contributed by atoms with van der Waals surface area (Å²) in [7, 11) is 0. The van der Waals surface area contributed by atoms with E-state index in [9.17, 15) is 9.59 Å². The molecule has 1 atom stereocenters. The maximum Gasteiger partial charge on any atom is 0.407 e. The standard InChI is InChI=1S/C23H22N2O5/c1-2-7-19(21-24-20(13-29-21)22(26)27)25-23(28)30-12-18-16-10-5-3-8-14(16)15-9-4-6-11-17(15)18/h3-6,8-11,13,18-19H,2,7,12H2,1H3,(H,25,28)(H,26,27). The van der Waals surface area contributed by atoms with E-state index in [2.05, 4.69) is 34.6 Å². The van der Waals surface area contributed by atoms with Crippen molar-refractivity contribution in [2.45, 2.75) is 31.7 Å². The molecule has 0 bridgehead atoms. The van der Waals surface area contributed by atoms with Gasteiger partial charge in [-0.05, 0) is 28.7 Å². The summed E-state index contributed by atoms with van der Waals surface area (Å²) >= 11 is 0. The van der Waals surface area contributed by atoms with Crippen LogP contribution in [0.15, 0.2) is 59.2 Å². The smallest absolute Gasteiger partial charge is 0.407 e. The highest BCUT2D eigenvalue weighted by molar-refractivity contribution is 5.84. The molecule has 154 valence electrons. The lowest BCUT2D eigenvalue weighted by Gasteiger charge is -2.17. The van der Waals surface area contributed by atoms with Gasteiger partial charge >= 0.3 is 12.1 Å². The second-order valence-electron chi connectivity index (χ2n) is 7.19. The van der Waals surface area contributed by atoms with Gasteiger partial charge in [0.1, 0.15) is 18.9 Å². The summed E-state index contributed by atoms with van der Waals surface area (Å²) in [6.07, 6.45) is 1.77. The highest BCUT2D eigenvalue weighted by Crippen LogP contribution is 2.44. The van der Waals surface area contributed by atoms with Gasteiger partial charge in [0, 0.05) is 5.92 Å². The Balaban J connectivity index is 1.45. The highest BCUT2D eigenvalue weighted by atomic mass is 16.5. The summed E-state index contributed by atoms with van der Waals surface area (Å²) in [5.74, 6) is -1.06. The molecule has 0 spiro atoms. The number of benzene rings is 2. The molecule has 4 rings (SSSR count). The fraction of sp³-hybridized carbons (Fsp3) is 0.261. The van der Waals surface area contributed by atoms with Crippen LogP contribution in [0, 0.1) is 0 Å². The molecule has 0 fully saturated rings. The zero-order valence-electron chi connectivity index (χ0n) is 16.5. The van der Waals surface area contributed by atoms with Gasteiger partial charge in [-0.15, -0.1) is 0 Å². The van der Waals surface area contributed by atoms with E-state index in [1.54, 1.807) is 0 Å². The van der Waals surface area contributed by atoms with Gasteiger partial charge in [0.15, 0.2) is 5.69 Å². The number of carbonyl (C=O) groups excluding carboxylic acids is 1. The molecule has 0 saturated carbocycles. The van der Waals surface area contributed by atoms with Gasteiger partial charge in [0.25, 0.3) is 0 Å². The number of aromatic carboxylic acids is 1. The van der Waals surface area contributed by atoms with Crippen molar-refractivity contribution in [1.82, 2.24) is 10.3 Å². The van der Waals surface area contributed by atoms with Crippen molar-refractivity contribution in [3.05, 3.63) is 77.5 Å². The molecule has 7 nitrogen and oxygen atoms in total. The predicted molar refractivity (Wildman–Crippen MR) is 109 cm³/mol. The predicted octanol–water partition coefficient (Wildman–Crippen LogP) is 4.75. The number of alkyl carbamates (subject to hydrolysis) is 1. The Hall–Kier alpha value is -3.61. The van der Waals surface area contributed by atoms with Crippen molar-refractivity contribution in [3.63, 3.8) is 0 Å². The average Bonchev–Trinajstić information content (AvgIpc) is 3.36. The van der Waals surface area contributed by atoms with Crippen molar-refractivity contribution >= 4 is 12.1 Å². The minimum absolute atomic E-state index is 0.0341. The van der Waals surface area contributed by atoms with Gasteiger partial charge in [-0.3, -0.25) is 0 Å². The molecule has 1 amide bonds. The minimum Gasteiger partial charge on any atom is -0.476 e. The first-order valence-electron chi connectivity index (χ1n) is 9.88. The number of hydrogen-bond donors (Lipinski definition) is 2. The molecule has 1 aromatic heterocycles. The number of rotatable bonds is 7. The van der Waals surface area contributed by atoms with E-state index in [-0.39, 0.29) is 24.1 Å². The molecule has 0 aliphatic heterocycles. The van der Waals surface area contributed by atoms with Gasteiger partial charge < -0.3 is 19.6 Å². The number of hydrogen-bond acceptors (Lipinski definition) is 5. The van der Waals surface area contributed by atoms with Crippen LogP contribution in [0.2, 0.25) is 0 Å². The van der Waals surface area contributed by atoms with Crippen LogP contribution in [0.3, 0.4) is 0 Å². The largest absolute Gasteiger partial charge is 0.476 e. The fourth-order valence-corrected chi connectivity index (χ4v) is 3.87. The van der Waals surface area contributed by atoms with E-state index in [0.717, 1.165) is 34.9 Å². The Morgan fingerprint density at radius 2 is 1.77 bits per heavy atom. The number of oxazole rings is 1. The van der Waals surface area contributed by atoms with Crippen LogP contribution in [0.4, 0.5) is 4.79 Å². The molecular formula is C23H22N2O5. The van der Waals surface area contributed by atoms with Gasteiger partial charge in [0.2, 0.25) is 5.89 Å². The third-order valence-corrected chi connectivity index (χ3v) is 5.25. The summed E-state index contributed by atoms with van der Waals surface area (Å²) < 4.78 is 10.8. The quantitative estimate of drug-likeness (QED) is 0.587. The van der Waals surface area contributed by atoms with Crippen molar-refractivity contribution < 1.29 is 23.8 Å². The zero-order valence-corrected chi connectivity index (χ0v) is 16.5. The van der Waals surface area contributed by atoms with Crippen molar-refractivity contribution in [2.24, 2.45) is 0 Å². The first kappa shape index (κ1) is 19.7. The van der Waals surface area contributed by atoms with Crippen molar-refractivity contribution in [2.75, 3.05) is 6.61 Å². The number of carbonyl (C=O) groups is 2. The third-order valence-electron chi connectivity index (χ3n) is 5.25. The van der Waals surface area contributed by atoms with Crippen LogP contribution in [0.25, 0.3) is 11.1 Å². The van der Waals surface area contributed by atoms with Crippen LogP contribution in [0.1, 0.15) is 59.2 Å². The van der Waals surface area contributed by atoms with Crippen molar-refractivity contribution in [1.29, 1.82) is 0 Å². The maximum atomic E-state index is 12.5. The molecule has 1 aliphatic carbocycles. The molecule has 1 heterocycles. The number of fused-ring (bicyclic) bond motifs is 3. The lowest BCUT2D eigenvalue weighted by Crippen LogP contribution is -2.30. The fourth-order valence-electron chi connectivity index (χ4n) is 3.87. The Labute approximate surface area is 173 Å². The molecule has 1 aliphatic rings. The number of nitrogens with zero attached hydrogens (tertiary/aromatic N) is 1. The monoisotopic (exact) mass is 406 g/mol. The number of nitrogens with one attached hydrogen (secondary N) is 1. The first-order valence-corrected chi connectivity index (χ1v) is 9.88. The SMILES string of the molecule is CCCC(NC(=O)OCC1c2ccccc2-c2ccccc21)c1nc(C(=O)O)co1. The lowest BCUT2D eigenvalue weighted by atomic mass is 9.98. The van der Waals surface area contributed by atoms with Gasteiger partial charge in [-0.2, -0.15) is 0 Å². The lowest BCUT2D eigenvalue weighted by molar-refractivity contribution is 0.0690. The third kappa shape index (κ3) is 3.78. The molecule has 0 radical (unpaired) electrons. The molecule has 0 saturated heterocycles. The molecular weight excluding hydrogens is 384 g/mol. The normalized spacial score (nSPS) is 13.4. The molecule has 3 aromatic rings. The van der Waals surface area contributed by atoms with Gasteiger partial charge in [0.05, 0.1) is 0 Å². The summed E-state index contributed by atoms with van der Waals surface area (Å²) in [5.41, 5.74) is 4.39. The van der Waals surface area contributed by atoms with E-state index in [0.29, 0.717) is 6.42 Å². The molecule has 1 unspecified atom stereocenters. The van der Waals surface area contributed by atoms with E-state index in [1.165, 1.54) is 0 Å². The van der Waals surface area contributed by atoms with Crippen LogP contribution in [-0.4, -0.2) is 28.8 Å². The van der Waals surface area contributed by atoms with Crippen LogP contribution >= 0.6 is 0 Å². The van der Waals surface area contributed by atoms with Gasteiger partial charge in [-0.1, -0.05) is 61.9 Å². The van der Waals surface area contributed by atoms with E-state index >= 15 is 0 Å². The Morgan fingerprint density at radius 1 is 1.13 bits per heavy atom. The number of carboxylic acid groups (broad SMARTS) is 1. The average molecular weight is 406 g/mol. The second kappa shape index (κ2) is 8.41. The van der Waals surface area contributed by atoms with E-state index in [4.69, 9.17) is 14.3 Å². The number of aromatic nitrogens is 1. The number of amides is 1. The first-order chi connectivity index (χ1) is 14.6.